The van der Waals surface area contributed by atoms with Crippen LogP contribution in [0.3, 0.4) is 0 Å². The normalized spacial score (nSPS) is 11.9. The minimum Gasteiger partial charge on any atom is -0.541 e. The molecule has 0 aliphatic carbocycles. The molecule has 0 aliphatic rings. The van der Waals surface area contributed by atoms with Gasteiger partial charge in [-0.05, 0) is 278 Å². The van der Waals surface area contributed by atoms with E-state index < -0.39 is 33.3 Å². The van der Waals surface area contributed by atoms with E-state index in [4.69, 9.17) is 17.7 Å². The zero-order chi connectivity index (χ0) is 88.1. The summed E-state index contributed by atoms with van der Waals surface area (Å²) in [6.45, 7) is 0. The molecule has 0 saturated heterocycles. The van der Waals surface area contributed by atoms with E-state index in [0.29, 0.717) is 12.8 Å². The Bertz CT molecular complexity index is 4990. The summed E-state index contributed by atoms with van der Waals surface area (Å²) in [4.78, 5) is 0. The standard InChI is InChI=1S/C112H98Br8O4Si4/c113-101-63-95(64-102(114)109(101)121-125(71-83-37-13-1-14-38-83,72-84-39-15-2-16-40-84)73-85-41-17-3-18-42-85)99(96-65-103(115)110(104(116)66-96)122-126(74-86-43-19-4-20-44-86,75-87-45-21-5-22-46-87)76-88-47-23-6-24-48-88)61-62-100(97-67-105(117)111(106(118)68-97)123-127(77-89-49-25-7-26-50-89,78-90-51-27-8-28-52-90)79-91-53-29-9-30-54-91)98-69-107(119)112(108(120)70-98)124-128(80-92-55-31-10-32-56-92,81-93-57-33-11-34-58-93)82-94-59-35-12-36-60-94/h1-60,63-70,99-100H,61-62,71-82H2. The van der Waals surface area contributed by atoms with E-state index in [0.717, 1.165) is 154 Å². The maximum absolute atomic E-state index is 8.04. The van der Waals surface area contributed by atoms with Crippen molar-refractivity contribution < 1.29 is 17.7 Å². The summed E-state index contributed by atoms with van der Waals surface area (Å²) in [5.74, 6) is 2.72. The molecule has 0 unspecified atom stereocenters. The van der Waals surface area contributed by atoms with E-state index in [1.165, 1.54) is 66.8 Å². The molecule has 0 fully saturated rings. The maximum Gasteiger partial charge on any atom is 0.264 e. The van der Waals surface area contributed by atoms with Crippen molar-refractivity contribution in [3.63, 3.8) is 0 Å². The fraction of sp³-hybridized carbons (Fsp3) is 0.143. The molecule has 0 saturated carbocycles. The van der Waals surface area contributed by atoms with Crippen LogP contribution >= 0.6 is 127 Å². The summed E-state index contributed by atoms with van der Waals surface area (Å²) >= 11 is 34.8. The lowest BCUT2D eigenvalue weighted by atomic mass is 9.81. The maximum atomic E-state index is 8.04. The fourth-order valence-electron chi connectivity index (χ4n) is 18.6. The average molecular weight is 2260 g/mol. The van der Waals surface area contributed by atoms with Gasteiger partial charge in [0.15, 0.2) is 0 Å². The largest absolute Gasteiger partial charge is 0.541 e. The van der Waals surface area contributed by atoms with E-state index in [-0.39, 0.29) is 11.8 Å². The van der Waals surface area contributed by atoms with Crippen LogP contribution in [0.2, 0.25) is 0 Å². The molecule has 16 rings (SSSR count). The van der Waals surface area contributed by atoms with Crippen molar-refractivity contribution in [1.82, 2.24) is 0 Å². The highest BCUT2D eigenvalue weighted by atomic mass is 79.9. The van der Waals surface area contributed by atoms with Gasteiger partial charge in [-0.1, -0.05) is 364 Å². The van der Waals surface area contributed by atoms with Gasteiger partial charge in [0.05, 0.1) is 35.8 Å². The Morgan fingerprint density at radius 3 is 0.359 bits per heavy atom. The zero-order valence-electron chi connectivity index (χ0n) is 71.0. The van der Waals surface area contributed by atoms with Crippen LogP contribution in [-0.4, -0.2) is 33.3 Å². The highest BCUT2D eigenvalue weighted by molar-refractivity contribution is 9.12. The summed E-state index contributed by atoms with van der Waals surface area (Å²) in [5, 5.41) is 0. The third-order valence-electron chi connectivity index (χ3n) is 24.1. The lowest BCUT2D eigenvalue weighted by Crippen LogP contribution is -2.50. The van der Waals surface area contributed by atoms with Gasteiger partial charge in [-0.3, -0.25) is 0 Å². The Morgan fingerprint density at radius 2 is 0.258 bits per heavy atom. The molecular weight excluding hydrogens is 2160 g/mol. The third kappa shape index (κ3) is 25.0. The van der Waals surface area contributed by atoms with Crippen LogP contribution in [0.15, 0.2) is 448 Å². The first kappa shape index (κ1) is 92.7. The molecule has 0 N–H and O–H groups in total. The van der Waals surface area contributed by atoms with E-state index >= 15 is 0 Å². The first-order chi connectivity index (χ1) is 62.5. The predicted molar refractivity (Wildman–Crippen MR) is 568 cm³/mol. The summed E-state index contributed by atoms with van der Waals surface area (Å²) in [7, 11) is -11.7. The van der Waals surface area contributed by atoms with Gasteiger partial charge in [-0.15, -0.1) is 0 Å². The Balaban J connectivity index is 0.859. The zero-order valence-corrected chi connectivity index (χ0v) is 87.7. The topological polar surface area (TPSA) is 36.9 Å². The average Bonchev–Trinajstić information content (AvgIpc) is 0.776. The summed E-state index contributed by atoms with van der Waals surface area (Å²) in [5.41, 5.74) is 19.5. The number of benzene rings is 16. The van der Waals surface area contributed by atoms with Crippen LogP contribution in [0.25, 0.3) is 0 Å². The van der Waals surface area contributed by atoms with Crippen LogP contribution in [0, 0.1) is 0 Å². The van der Waals surface area contributed by atoms with Crippen molar-refractivity contribution in [1.29, 1.82) is 0 Å². The molecule has 0 atom stereocenters. The second kappa shape index (κ2) is 44.6. The number of rotatable bonds is 39. The van der Waals surface area contributed by atoms with Crippen molar-refractivity contribution in [3.8, 4) is 23.0 Å². The molecule has 0 amide bonds. The fourth-order valence-corrected chi connectivity index (χ4v) is 42.0. The van der Waals surface area contributed by atoms with Crippen LogP contribution in [0.5, 0.6) is 23.0 Å². The molecule has 16 aromatic carbocycles. The Kier molecular flexibility index (Phi) is 32.3. The molecular formula is C112H98Br8O4Si4. The van der Waals surface area contributed by atoms with Gasteiger partial charge in [-0.25, -0.2) is 0 Å². The second-order valence-corrected chi connectivity index (χ2v) is 55.4. The Morgan fingerprint density at radius 1 is 0.156 bits per heavy atom. The summed E-state index contributed by atoms with van der Waals surface area (Å²) in [6.07, 6.45) is 1.35. The quantitative estimate of drug-likeness (QED) is 0.0360. The molecule has 16 heteroatoms. The predicted octanol–water partition coefficient (Wildman–Crippen LogP) is 32.2. The van der Waals surface area contributed by atoms with Crippen molar-refractivity contribution in [3.05, 3.63) is 537 Å². The van der Waals surface area contributed by atoms with Crippen molar-refractivity contribution in [2.45, 2.75) is 97.2 Å². The van der Waals surface area contributed by atoms with Crippen LogP contribution < -0.4 is 17.7 Å². The van der Waals surface area contributed by atoms with Crippen molar-refractivity contribution in [2.75, 3.05) is 0 Å². The second-order valence-electron chi connectivity index (χ2n) is 34.0. The first-order valence-electron chi connectivity index (χ1n) is 43.6. The van der Waals surface area contributed by atoms with Gasteiger partial charge in [0.2, 0.25) is 0 Å². The number of hydrogen-bond donors (Lipinski definition) is 0. The van der Waals surface area contributed by atoms with Gasteiger partial charge >= 0.3 is 0 Å². The molecule has 0 spiro atoms. The molecule has 4 nitrogen and oxygen atoms in total. The molecule has 0 heterocycles. The summed E-state index contributed by atoms with van der Waals surface area (Å²) < 4.78 is 39.1. The van der Waals surface area contributed by atoms with Crippen molar-refractivity contribution in [2.24, 2.45) is 0 Å². The lowest BCUT2D eigenvalue weighted by Gasteiger charge is -2.35. The molecule has 0 bridgehead atoms. The minimum atomic E-state index is -2.92. The smallest absolute Gasteiger partial charge is 0.264 e. The van der Waals surface area contributed by atoms with E-state index in [1.54, 1.807) is 0 Å². The molecule has 16 aromatic rings. The Hall–Kier alpha value is -8.57. The van der Waals surface area contributed by atoms with Gasteiger partial charge in [0.1, 0.15) is 23.0 Å². The van der Waals surface area contributed by atoms with Gasteiger partial charge in [0, 0.05) is 84.4 Å². The van der Waals surface area contributed by atoms with Gasteiger partial charge in [-0.2, -0.15) is 0 Å². The Labute approximate surface area is 827 Å². The van der Waals surface area contributed by atoms with E-state index in [2.05, 4.69) is 540 Å². The monoisotopic (exact) mass is 2250 g/mol. The number of hydrogen-bond acceptors (Lipinski definition) is 4. The number of halogens is 8. The van der Waals surface area contributed by atoms with Crippen LogP contribution in [0.4, 0.5) is 0 Å². The third-order valence-corrected chi connectivity index (χ3v) is 44.0. The van der Waals surface area contributed by atoms with Gasteiger partial charge < -0.3 is 17.7 Å². The van der Waals surface area contributed by atoms with E-state index in [1.807, 2.05) is 0 Å². The molecule has 642 valence electrons. The molecule has 0 aliphatic heterocycles. The summed E-state index contributed by atoms with van der Waals surface area (Å²) in [6, 6.07) is 159. The SMILES string of the molecule is Brc1cc(C(CCC(c2cc(Br)c(O[Si](Cc3ccccc3)(Cc3ccccc3)Cc3ccccc3)c(Br)c2)c2cc(Br)c(O[Si](Cc3ccccc3)(Cc3ccccc3)Cc3ccccc3)c(Br)c2)c2cc(Br)c(O[Si](Cc3ccccc3)(Cc3ccccc3)Cc3ccccc3)c(Br)c2)cc(Br)c1O[Si](Cc1ccccc1)(Cc1ccccc1)Cc1ccccc1. The highest BCUT2D eigenvalue weighted by Crippen LogP contribution is 2.51. The van der Waals surface area contributed by atoms with Crippen LogP contribution in [0.1, 0.15) is 114 Å². The van der Waals surface area contributed by atoms with Gasteiger partial charge in [0.25, 0.3) is 33.3 Å². The first-order valence-corrected chi connectivity index (χ1v) is 60.1. The van der Waals surface area contributed by atoms with Crippen LogP contribution in [-0.2, 0) is 72.5 Å². The molecule has 0 aromatic heterocycles. The highest BCUT2D eigenvalue weighted by Gasteiger charge is 2.45. The lowest BCUT2D eigenvalue weighted by molar-refractivity contribution is 0.514. The molecule has 0 radical (unpaired) electrons. The van der Waals surface area contributed by atoms with E-state index in [9.17, 15) is 0 Å². The molecule has 128 heavy (non-hydrogen) atoms. The van der Waals surface area contributed by atoms with Crippen molar-refractivity contribution >= 4 is 161 Å². The minimum absolute atomic E-state index is 0.231.